The molecule has 0 radical (unpaired) electrons. The van der Waals surface area contributed by atoms with Crippen LogP contribution in [0.4, 0.5) is 4.39 Å². The van der Waals surface area contributed by atoms with Gasteiger partial charge in [-0.15, -0.1) is 0 Å². The molecule has 22 heavy (non-hydrogen) atoms. The summed E-state index contributed by atoms with van der Waals surface area (Å²) in [6.45, 7) is 2.01. The van der Waals surface area contributed by atoms with Gasteiger partial charge in [0, 0.05) is 31.4 Å². The zero-order valence-corrected chi connectivity index (χ0v) is 11.9. The second kappa shape index (κ2) is 6.25. The Morgan fingerprint density at radius 3 is 3.14 bits per heavy atom. The fourth-order valence-corrected chi connectivity index (χ4v) is 2.46. The fraction of sp³-hybridized carbons (Fsp3) is 0.333. The summed E-state index contributed by atoms with van der Waals surface area (Å²) >= 11 is 0. The second-order valence-electron chi connectivity index (χ2n) is 5.21. The zero-order valence-electron chi connectivity index (χ0n) is 11.9. The first-order chi connectivity index (χ1) is 10.6. The van der Waals surface area contributed by atoms with Crippen molar-refractivity contribution in [2.24, 2.45) is 0 Å². The lowest BCUT2D eigenvalue weighted by molar-refractivity contribution is -0.156. The van der Waals surface area contributed by atoms with Gasteiger partial charge in [0.1, 0.15) is 5.82 Å². The fourth-order valence-electron chi connectivity index (χ4n) is 2.46. The summed E-state index contributed by atoms with van der Waals surface area (Å²) < 4.78 is 20.0. The van der Waals surface area contributed by atoms with Gasteiger partial charge in [-0.2, -0.15) is 5.10 Å². The number of rotatable bonds is 4. The average Bonchev–Trinajstić information content (AvgIpc) is 2.96. The van der Waals surface area contributed by atoms with Crippen molar-refractivity contribution in [1.82, 2.24) is 14.7 Å². The average molecular weight is 305 g/mol. The van der Waals surface area contributed by atoms with Gasteiger partial charge < -0.3 is 9.84 Å². The van der Waals surface area contributed by atoms with Gasteiger partial charge in [0.15, 0.2) is 6.10 Å². The predicted octanol–water partition coefficient (Wildman–Crippen LogP) is 1.30. The van der Waals surface area contributed by atoms with Crippen molar-refractivity contribution in [3.05, 3.63) is 48.0 Å². The molecule has 3 rings (SSSR count). The van der Waals surface area contributed by atoms with Crippen LogP contribution in [0.5, 0.6) is 0 Å². The Balaban J connectivity index is 1.68. The molecule has 7 heteroatoms. The van der Waals surface area contributed by atoms with Gasteiger partial charge in [0.05, 0.1) is 18.5 Å². The monoisotopic (exact) mass is 305 g/mol. The lowest BCUT2D eigenvalue weighted by Crippen LogP contribution is -2.45. The van der Waals surface area contributed by atoms with Gasteiger partial charge in [-0.25, -0.2) is 13.9 Å². The molecule has 1 atom stereocenters. The standard InChI is InChI=1S/C15H16FN3O3/c16-12-2-1-3-13(6-12)19-9-11(7-17-19)8-18-4-5-22-14(10-18)15(20)21/h1-3,6-7,9,14H,4-5,8,10H2,(H,20,21)/t14-/m1/s1. The number of carboxylic acids is 1. The number of aromatic nitrogens is 2. The third-order valence-electron chi connectivity index (χ3n) is 3.54. The number of morpholine rings is 1. The van der Waals surface area contributed by atoms with Gasteiger partial charge in [0.2, 0.25) is 0 Å². The molecule has 1 aliphatic rings. The van der Waals surface area contributed by atoms with Crippen molar-refractivity contribution >= 4 is 5.97 Å². The van der Waals surface area contributed by atoms with Crippen molar-refractivity contribution in [3.8, 4) is 5.69 Å². The van der Waals surface area contributed by atoms with E-state index in [4.69, 9.17) is 9.84 Å². The maximum absolute atomic E-state index is 13.2. The molecule has 0 bridgehead atoms. The van der Waals surface area contributed by atoms with E-state index in [0.29, 0.717) is 31.9 Å². The Hall–Kier alpha value is -2.25. The summed E-state index contributed by atoms with van der Waals surface area (Å²) in [6.07, 6.45) is 2.74. The van der Waals surface area contributed by atoms with E-state index >= 15 is 0 Å². The van der Waals surface area contributed by atoms with Crippen LogP contribution in [0.25, 0.3) is 5.69 Å². The van der Waals surface area contributed by atoms with Crippen LogP contribution in [0, 0.1) is 5.82 Å². The highest BCUT2D eigenvalue weighted by molar-refractivity contribution is 5.72. The minimum atomic E-state index is -0.944. The lowest BCUT2D eigenvalue weighted by atomic mass is 10.2. The van der Waals surface area contributed by atoms with Crippen molar-refractivity contribution < 1.29 is 19.0 Å². The molecular formula is C15H16FN3O3. The van der Waals surface area contributed by atoms with E-state index < -0.39 is 12.1 Å². The van der Waals surface area contributed by atoms with Crippen LogP contribution < -0.4 is 0 Å². The van der Waals surface area contributed by atoms with Gasteiger partial charge in [-0.3, -0.25) is 4.90 Å². The number of carbonyl (C=O) groups is 1. The molecule has 6 nitrogen and oxygen atoms in total. The Labute approximate surface area is 126 Å². The van der Waals surface area contributed by atoms with Gasteiger partial charge in [-0.05, 0) is 18.2 Å². The van der Waals surface area contributed by atoms with Gasteiger partial charge in [0.25, 0.3) is 0 Å². The van der Waals surface area contributed by atoms with E-state index in [-0.39, 0.29) is 5.82 Å². The topological polar surface area (TPSA) is 67.6 Å². The normalized spacial score (nSPS) is 19.2. The van der Waals surface area contributed by atoms with E-state index in [2.05, 4.69) is 5.10 Å². The van der Waals surface area contributed by atoms with E-state index in [1.807, 2.05) is 11.1 Å². The first-order valence-electron chi connectivity index (χ1n) is 6.98. The number of hydrogen-bond acceptors (Lipinski definition) is 4. The molecule has 1 aromatic heterocycles. The molecule has 1 saturated heterocycles. The Morgan fingerprint density at radius 1 is 1.50 bits per heavy atom. The van der Waals surface area contributed by atoms with Gasteiger partial charge in [-0.1, -0.05) is 6.07 Å². The summed E-state index contributed by atoms with van der Waals surface area (Å²) in [6, 6.07) is 6.19. The molecule has 1 N–H and O–H groups in total. The number of nitrogens with zero attached hydrogens (tertiary/aromatic N) is 3. The molecular weight excluding hydrogens is 289 g/mol. The Morgan fingerprint density at radius 2 is 2.36 bits per heavy atom. The van der Waals surface area contributed by atoms with Crippen LogP contribution in [-0.4, -0.2) is 51.6 Å². The molecule has 2 heterocycles. The third kappa shape index (κ3) is 3.32. The number of hydrogen-bond donors (Lipinski definition) is 1. The van der Waals surface area contributed by atoms with Crippen LogP contribution in [-0.2, 0) is 16.1 Å². The van der Waals surface area contributed by atoms with Crippen LogP contribution in [0.2, 0.25) is 0 Å². The van der Waals surface area contributed by atoms with Crippen LogP contribution >= 0.6 is 0 Å². The van der Waals surface area contributed by atoms with Crippen LogP contribution in [0.3, 0.4) is 0 Å². The largest absolute Gasteiger partial charge is 0.479 e. The van der Waals surface area contributed by atoms with Crippen molar-refractivity contribution in [2.45, 2.75) is 12.6 Å². The van der Waals surface area contributed by atoms with Crippen molar-refractivity contribution in [3.63, 3.8) is 0 Å². The number of benzene rings is 1. The highest BCUT2D eigenvalue weighted by Crippen LogP contribution is 2.13. The molecule has 2 aromatic rings. The van der Waals surface area contributed by atoms with E-state index in [9.17, 15) is 9.18 Å². The van der Waals surface area contributed by atoms with E-state index in [1.54, 1.807) is 23.0 Å². The molecule has 0 saturated carbocycles. The highest BCUT2D eigenvalue weighted by atomic mass is 19.1. The first-order valence-corrected chi connectivity index (χ1v) is 6.98. The zero-order chi connectivity index (χ0) is 15.5. The molecule has 0 amide bonds. The quantitative estimate of drug-likeness (QED) is 0.922. The van der Waals surface area contributed by atoms with Crippen molar-refractivity contribution in [1.29, 1.82) is 0 Å². The smallest absolute Gasteiger partial charge is 0.334 e. The second-order valence-corrected chi connectivity index (χ2v) is 5.21. The minimum Gasteiger partial charge on any atom is -0.479 e. The molecule has 0 aliphatic carbocycles. The summed E-state index contributed by atoms with van der Waals surface area (Å²) in [4.78, 5) is 13.0. The Kier molecular flexibility index (Phi) is 4.17. The number of halogens is 1. The summed E-state index contributed by atoms with van der Waals surface area (Å²) in [7, 11) is 0. The number of ether oxygens (including phenoxy) is 1. The lowest BCUT2D eigenvalue weighted by Gasteiger charge is -2.30. The van der Waals surface area contributed by atoms with Crippen molar-refractivity contribution in [2.75, 3.05) is 19.7 Å². The number of aliphatic carboxylic acids is 1. The van der Waals surface area contributed by atoms with Crippen LogP contribution in [0.1, 0.15) is 5.56 Å². The van der Waals surface area contributed by atoms with Gasteiger partial charge >= 0.3 is 5.97 Å². The molecule has 1 aliphatic heterocycles. The predicted molar refractivity (Wildman–Crippen MR) is 76.2 cm³/mol. The van der Waals surface area contributed by atoms with Crippen LogP contribution in [0.15, 0.2) is 36.7 Å². The maximum Gasteiger partial charge on any atom is 0.334 e. The summed E-state index contributed by atoms with van der Waals surface area (Å²) in [5.74, 6) is -1.26. The SMILES string of the molecule is O=C(O)[C@H]1CN(Cc2cnn(-c3cccc(F)c3)c2)CCO1. The molecule has 0 unspecified atom stereocenters. The van der Waals surface area contributed by atoms with E-state index in [0.717, 1.165) is 5.56 Å². The summed E-state index contributed by atoms with van der Waals surface area (Å²) in [5.41, 5.74) is 1.59. The molecule has 1 aromatic carbocycles. The molecule has 1 fully saturated rings. The number of carboxylic acid groups (broad SMARTS) is 1. The maximum atomic E-state index is 13.2. The minimum absolute atomic E-state index is 0.313. The summed E-state index contributed by atoms with van der Waals surface area (Å²) in [5, 5.41) is 13.2. The molecule has 116 valence electrons. The first kappa shape index (κ1) is 14.7. The highest BCUT2D eigenvalue weighted by Gasteiger charge is 2.26. The van der Waals surface area contributed by atoms with E-state index in [1.165, 1.54) is 12.1 Å². The molecule has 0 spiro atoms. The third-order valence-corrected chi connectivity index (χ3v) is 3.54. The Bertz CT molecular complexity index is 674.